The van der Waals surface area contributed by atoms with Gasteiger partial charge < -0.3 is 14.1 Å². The first-order valence-corrected chi connectivity index (χ1v) is 8.45. The molecule has 0 aliphatic carbocycles. The number of rotatable bonds is 3. The third-order valence-electron chi connectivity index (χ3n) is 3.72. The summed E-state index contributed by atoms with van der Waals surface area (Å²) in [5.41, 5.74) is 0.760. The first-order valence-electron chi connectivity index (χ1n) is 7.63. The first kappa shape index (κ1) is 16.1. The summed E-state index contributed by atoms with van der Waals surface area (Å²) in [5, 5.41) is 9.06. The van der Waals surface area contributed by atoms with Gasteiger partial charge in [0.1, 0.15) is 10.9 Å². The standard InChI is InChI=1S/C15H20N4O3S/c1-8(2)13-17-18-14(22-13)11-7-21-6-5-19(11)15(20)12-9(3)16-10(4)23-12/h8,11H,5-7H2,1-4H3/t11-/m1/s1. The summed E-state index contributed by atoms with van der Waals surface area (Å²) < 4.78 is 11.3. The van der Waals surface area contributed by atoms with Crippen molar-refractivity contribution >= 4 is 17.2 Å². The van der Waals surface area contributed by atoms with Crippen LogP contribution in [0.15, 0.2) is 4.42 Å². The SMILES string of the molecule is Cc1nc(C)c(C(=O)N2CCOC[C@@H]2c2nnc(C(C)C)o2)s1. The van der Waals surface area contributed by atoms with E-state index in [1.54, 1.807) is 4.90 Å². The molecule has 0 aromatic carbocycles. The highest BCUT2D eigenvalue weighted by molar-refractivity contribution is 7.13. The molecule has 1 aliphatic rings. The average molecular weight is 336 g/mol. The minimum absolute atomic E-state index is 0.0503. The quantitative estimate of drug-likeness (QED) is 0.856. The maximum absolute atomic E-state index is 12.9. The average Bonchev–Trinajstić information content (AvgIpc) is 3.13. The van der Waals surface area contributed by atoms with Gasteiger partial charge in [-0.15, -0.1) is 21.5 Å². The number of aromatic nitrogens is 3. The molecule has 1 atom stereocenters. The van der Waals surface area contributed by atoms with Gasteiger partial charge in [0.15, 0.2) is 0 Å². The fourth-order valence-electron chi connectivity index (χ4n) is 2.53. The van der Waals surface area contributed by atoms with Gasteiger partial charge in [0.05, 0.1) is 23.9 Å². The Morgan fingerprint density at radius 2 is 2.13 bits per heavy atom. The molecule has 1 saturated heterocycles. The van der Waals surface area contributed by atoms with Gasteiger partial charge in [-0.25, -0.2) is 4.98 Å². The summed E-state index contributed by atoms with van der Waals surface area (Å²) in [6.45, 7) is 9.10. The van der Waals surface area contributed by atoms with Gasteiger partial charge in [0.2, 0.25) is 11.8 Å². The van der Waals surface area contributed by atoms with Crippen molar-refractivity contribution in [1.29, 1.82) is 0 Å². The van der Waals surface area contributed by atoms with E-state index in [-0.39, 0.29) is 17.9 Å². The highest BCUT2D eigenvalue weighted by atomic mass is 32.1. The Bertz CT molecular complexity index is 709. The largest absolute Gasteiger partial charge is 0.423 e. The minimum atomic E-state index is -0.349. The number of nitrogens with zero attached hydrogens (tertiary/aromatic N) is 4. The first-order chi connectivity index (χ1) is 11.0. The van der Waals surface area contributed by atoms with E-state index in [1.807, 2.05) is 27.7 Å². The van der Waals surface area contributed by atoms with Crippen molar-refractivity contribution in [1.82, 2.24) is 20.1 Å². The van der Waals surface area contributed by atoms with E-state index in [1.165, 1.54) is 11.3 Å². The molecule has 8 heteroatoms. The van der Waals surface area contributed by atoms with Crippen molar-refractivity contribution in [3.05, 3.63) is 27.4 Å². The van der Waals surface area contributed by atoms with Gasteiger partial charge in [-0.3, -0.25) is 4.79 Å². The number of hydrogen-bond donors (Lipinski definition) is 0. The van der Waals surface area contributed by atoms with Crippen molar-refractivity contribution < 1.29 is 13.9 Å². The van der Waals surface area contributed by atoms with E-state index < -0.39 is 0 Å². The number of thiazole rings is 1. The summed E-state index contributed by atoms with van der Waals surface area (Å²) in [6.07, 6.45) is 0. The van der Waals surface area contributed by atoms with Crippen molar-refractivity contribution in [3.8, 4) is 0 Å². The number of ether oxygens (including phenoxy) is 1. The van der Waals surface area contributed by atoms with Crippen LogP contribution in [0.3, 0.4) is 0 Å². The summed E-state index contributed by atoms with van der Waals surface area (Å²) >= 11 is 1.41. The van der Waals surface area contributed by atoms with Gasteiger partial charge in [-0.2, -0.15) is 0 Å². The van der Waals surface area contributed by atoms with E-state index >= 15 is 0 Å². The molecule has 1 aliphatic heterocycles. The number of carbonyl (C=O) groups is 1. The molecule has 7 nitrogen and oxygen atoms in total. The van der Waals surface area contributed by atoms with Crippen molar-refractivity contribution in [2.24, 2.45) is 0 Å². The second kappa shape index (κ2) is 6.37. The van der Waals surface area contributed by atoms with Crippen LogP contribution in [0.5, 0.6) is 0 Å². The third-order valence-corrected chi connectivity index (χ3v) is 4.78. The number of carbonyl (C=O) groups excluding carboxylic acids is 1. The van der Waals surface area contributed by atoms with Gasteiger partial charge in [-0.05, 0) is 13.8 Å². The topological polar surface area (TPSA) is 81.4 Å². The number of hydrogen-bond acceptors (Lipinski definition) is 7. The molecule has 2 aromatic heterocycles. The van der Waals surface area contributed by atoms with Crippen LogP contribution in [-0.2, 0) is 4.74 Å². The van der Waals surface area contributed by atoms with Crippen LogP contribution >= 0.6 is 11.3 Å². The Hall–Kier alpha value is -1.80. The molecule has 23 heavy (non-hydrogen) atoms. The summed E-state index contributed by atoms with van der Waals surface area (Å²) in [6, 6.07) is -0.349. The van der Waals surface area contributed by atoms with Crippen LogP contribution in [-0.4, -0.2) is 45.7 Å². The third kappa shape index (κ3) is 3.13. The maximum atomic E-state index is 12.9. The Kier molecular flexibility index (Phi) is 4.45. The summed E-state index contributed by atoms with van der Waals surface area (Å²) in [5.74, 6) is 1.10. The normalized spacial score (nSPS) is 18.7. The van der Waals surface area contributed by atoms with Crippen molar-refractivity contribution in [3.63, 3.8) is 0 Å². The zero-order chi connectivity index (χ0) is 16.6. The molecule has 1 amide bonds. The molecule has 3 rings (SSSR count). The van der Waals surface area contributed by atoms with Crippen LogP contribution in [0.25, 0.3) is 0 Å². The van der Waals surface area contributed by atoms with E-state index in [0.717, 1.165) is 10.7 Å². The fraction of sp³-hybridized carbons (Fsp3) is 0.600. The van der Waals surface area contributed by atoms with E-state index in [0.29, 0.717) is 36.4 Å². The molecule has 3 heterocycles. The molecular weight excluding hydrogens is 316 g/mol. The van der Waals surface area contributed by atoms with Crippen LogP contribution in [0.1, 0.15) is 58.0 Å². The Morgan fingerprint density at radius 3 is 2.74 bits per heavy atom. The van der Waals surface area contributed by atoms with E-state index in [4.69, 9.17) is 9.15 Å². The van der Waals surface area contributed by atoms with Gasteiger partial charge in [-0.1, -0.05) is 13.8 Å². The lowest BCUT2D eigenvalue weighted by Crippen LogP contribution is -2.43. The van der Waals surface area contributed by atoms with Gasteiger partial charge in [0, 0.05) is 12.5 Å². The molecular formula is C15H20N4O3S. The van der Waals surface area contributed by atoms with E-state index in [2.05, 4.69) is 15.2 Å². The smallest absolute Gasteiger partial charge is 0.266 e. The number of morpholine rings is 1. The van der Waals surface area contributed by atoms with Crippen LogP contribution < -0.4 is 0 Å². The van der Waals surface area contributed by atoms with Crippen LogP contribution in [0.2, 0.25) is 0 Å². The summed E-state index contributed by atoms with van der Waals surface area (Å²) in [7, 11) is 0. The highest BCUT2D eigenvalue weighted by Crippen LogP contribution is 2.29. The number of aryl methyl sites for hydroxylation is 2. The Labute approximate surface area is 138 Å². The second-order valence-electron chi connectivity index (χ2n) is 5.87. The fourth-order valence-corrected chi connectivity index (χ4v) is 3.40. The summed E-state index contributed by atoms with van der Waals surface area (Å²) in [4.78, 5) is 19.7. The monoisotopic (exact) mass is 336 g/mol. The van der Waals surface area contributed by atoms with Gasteiger partial charge in [0.25, 0.3) is 5.91 Å². The lowest BCUT2D eigenvalue weighted by molar-refractivity contribution is -0.0105. The molecule has 2 aromatic rings. The van der Waals surface area contributed by atoms with Crippen LogP contribution in [0, 0.1) is 13.8 Å². The molecule has 124 valence electrons. The highest BCUT2D eigenvalue weighted by Gasteiger charge is 2.34. The predicted molar refractivity (Wildman–Crippen MR) is 84.6 cm³/mol. The van der Waals surface area contributed by atoms with Gasteiger partial charge >= 0.3 is 0 Å². The van der Waals surface area contributed by atoms with E-state index in [9.17, 15) is 4.79 Å². The zero-order valence-electron chi connectivity index (χ0n) is 13.7. The molecule has 0 radical (unpaired) electrons. The molecule has 0 N–H and O–H groups in total. The molecule has 0 unspecified atom stereocenters. The van der Waals surface area contributed by atoms with Crippen molar-refractivity contribution in [2.75, 3.05) is 19.8 Å². The second-order valence-corrected chi connectivity index (χ2v) is 7.07. The zero-order valence-corrected chi connectivity index (χ0v) is 14.5. The predicted octanol–water partition coefficient (Wildman–Crippen LogP) is 2.48. The lowest BCUT2D eigenvalue weighted by atomic mass is 10.2. The Balaban J connectivity index is 1.89. The molecule has 0 saturated carbocycles. The lowest BCUT2D eigenvalue weighted by Gasteiger charge is -2.33. The molecule has 1 fully saturated rings. The Morgan fingerprint density at radius 1 is 1.35 bits per heavy atom. The number of amides is 1. The minimum Gasteiger partial charge on any atom is -0.423 e. The van der Waals surface area contributed by atoms with Crippen molar-refractivity contribution in [2.45, 2.75) is 39.7 Å². The van der Waals surface area contributed by atoms with Crippen LogP contribution in [0.4, 0.5) is 0 Å². The molecule has 0 spiro atoms. The molecule has 0 bridgehead atoms. The maximum Gasteiger partial charge on any atom is 0.266 e.